The number of nitrogens with zero attached hydrogens (tertiary/aromatic N) is 1. The highest BCUT2D eigenvalue weighted by Crippen LogP contribution is 2.14. The van der Waals surface area contributed by atoms with Crippen LogP contribution in [0.15, 0.2) is 24.3 Å². The highest BCUT2D eigenvalue weighted by molar-refractivity contribution is 7.90. The van der Waals surface area contributed by atoms with Crippen LogP contribution in [0.1, 0.15) is 30.9 Å². The summed E-state index contributed by atoms with van der Waals surface area (Å²) in [4.78, 5) is 0. The molecule has 0 aliphatic heterocycles. The molecule has 0 aliphatic rings. The Kier molecular flexibility index (Phi) is 7.02. The van der Waals surface area contributed by atoms with Crippen LogP contribution in [0.25, 0.3) is 0 Å². The van der Waals surface area contributed by atoms with E-state index in [-0.39, 0.29) is 11.5 Å². The van der Waals surface area contributed by atoms with Gasteiger partial charge in [-0.25, -0.2) is 16.8 Å². The Balaban J connectivity index is 2.66. The lowest BCUT2D eigenvalue weighted by atomic mass is 10.1. The molecular weight excluding hydrogens is 322 g/mol. The highest BCUT2D eigenvalue weighted by atomic mass is 32.2. The number of unbranched alkanes of at least 4 members (excludes halogenated alkanes) is 1. The maximum atomic E-state index is 12.4. The van der Waals surface area contributed by atoms with Crippen molar-refractivity contribution in [1.82, 2.24) is 4.31 Å². The monoisotopic (exact) mass is 347 g/mol. The van der Waals surface area contributed by atoms with E-state index in [9.17, 15) is 16.8 Å². The van der Waals surface area contributed by atoms with Crippen LogP contribution >= 0.6 is 0 Å². The lowest BCUT2D eigenvalue weighted by Crippen LogP contribution is -2.32. The van der Waals surface area contributed by atoms with Gasteiger partial charge in [-0.1, -0.05) is 31.2 Å². The first-order valence-corrected chi connectivity index (χ1v) is 11.0. The third-order valence-corrected chi connectivity index (χ3v) is 6.53. The van der Waals surface area contributed by atoms with Crippen LogP contribution in [0.4, 0.5) is 0 Å². The molecule has 1 aromatic rings. The lowest BCUT2D eigenvalue weighted by Gasteiger charge is -2.21. The molecule has 0 atom stereocenters. The van der Waals surface area contributed by atoms with Crippen LogP contribution in [0.5, 0.6) is 0 Å². The van der Waals surface area contributed by atoms with Crippen molar-refractivity contribution in [3.63, 3.8) is 0 Å². The molecule has 0 saturated carbocycles. The summed E-state index contributed by atoms with van der Waals surface area (Å²) < 4.78 is 48.3. The van der Waals surface area contributed by atoms with E-state index in [1.165, 1.54) is 4.31 Å². The van der Waals surface area contributed by atoms with Gasteiger partial charge in [0.2, 0.25) is 10.0 Å². The molecule has 1 aromatic carbocycles. The molecule has 22 heavy (non-hydrogen) atoms. The summed E-state index contributed by atoms with van der Waals surface area (Å²) in [6.45, 7) is 4.54. The standard InChI is InChI=1S/C15H25NO4S2/c1-4-16(13-15-10-6-5-9-14(15)2)22(19,20)12-8-7-11-21(3,17)18/h5-6,9-10H,4,7-8,11-13H2,1-3H3. The predicted octanol–water partition coefficient (Wildman–Crippen LogP) is 1.97. The molecule has 0 heterocycles. The minimum atomic E-state index is -3.37. The van der Waals surface area contributed by atoms with Gasteiger partial charge in [0.05, 0.1) is 5.75 Å². The van der Waals surface area contributed by atoms with Crippen molar-refractivity contribution in [1.29, 1.82) is 0 Å². The van der Waals surface area contributed by atoms with E-state index in [1.807, 2.05) is 38.1 Å². The van der Waals surface area contributed by atoms with E-state index in [0.29, 0.717) is 25.9 Å². The fraction of sp³-hybridized carbons (Fsp3) is 0.600. The van der Waals surface area contributed by atoms with Crippen molar-refractivity contribution in [2.45, 2.75) is 33.2 Å². The summed E-state index contributed by atoms with van der Waals surface area (Å²) >= 11 is 0. The Morgan fingerprint density at radius 1 is 1.00 bits per heavy atom. The highest BCUT2D eigenvalue weighted by Gasteiger charge is 2.21. The van der Waals surface area contributed by atoms with Gasteiger partial charge in [-0.3, -0.25) is 0 Å². The number of rotatable bonds is 9. The largest absolute Gasteiger partial charge is 0.229 e. The number of sulfone groups is 1. The van der Waals surface area contributed by atoms with Gasteiger partial charge in [-0.15, -0.1) is 0 Å². The molecule has 5 nitrogen and oxygen atoms in total. The first kappa shape index (κ1) is 19.1. The molecule has 0 saturated heterocycles. The summed E-state index contributed by atoms with van der Waals surface area (Å²) in [6.07, 6.45) is 1.90. The average Bonchev–Trinajstić information content (AvgIpc) is 2.41. The number of benzene rings is 1. The quantitative estimate of drug-likeness (QED) is 0.640. The van der Waals surface area contributed by atoms with E-state index < -0.39 is 19.9 Å². The zero-order valence-electron chi connectivity index (χ0n) is 13.4. The van der Waals surface area contributed by atoms with Crippen molar-refractivity contribution in [3.05, 3.63) is 35.4 Å². The first-order chi connectivity index (χ1) is 10.2. The Labute approximate surface area is 134 Å². The minimum Gasteiger partial charge on any atom is -0.229 e. The molecule has 1 rings (SSSR count). The molecule has 0 aliphatic carbocycles. The van der Waals surface area contributed by atoms with Crippen molar-refractivity contribution in [2.24, 2.45) is 0 Å². The topological polar surface area (TPSA) is 71.5 Å². The van der Waals surface area contributed by atoms with E-state index in [1.54, 1.807) is 0 Å². The maximum absolute atomic E-state index is 12.4. The molecule has 7 heteroatoms. The Morgan fingerprint density at radius 2 is 1.59 bits per heavy atom. The Morgan fingerprint density at radius 3 is 2.14 bits per heavy atom. The first-order valence-electron chi connectivity index (χ1n) is 7.36. The molecule has 0 N–H and O–H groups in total. The van der Waals surface area contributed by atoms with Crippen LogP contribution in [0.3, 0.4) is 0 Å². The van der Waals surface area contributed by atoms with Crippen LogP contribution < -0.4 is 0 Å². The second kappa shape index (κ2) is 8.08. The zero-order chi connectivity index (χ0) is 16.8. The van der Waals surface area contributed by atoms with E-state index in [2.05, 4.69) is 0 Å². The maximum Gasteiger partial charge on any atom is 0.214 e. The molecule has 126 valence electrons. The van der Waals surface area contributed by atoms with Gasteiger partial charge >= 0.3 is 0 Å². The third kappa shape index (κ3) is 6.46. The number of hydrogen-bond donors (Lipinski definition) is 0. The van der Waals surface area contributed by atoms with Crippen LogP contribution in [0.2, 0.25) is 0 Å². The SMILES string of the molecule is CCN(Cc1ccccc1C)S(=O)(=O)CCCCS(C)(=O)=O. The Bertz CT molecular complexity index is 681. The molecule has 0 amide bonds. The molecule has 0 bridgehead atoms. The smallest absolute Gasteiger partial charge is 0.214 e. The van der Waals surface area contributed by atoms with Crippen LogP contribution in [-0.4, -0.2) is 45.4 Å². The fourth-order valence-corrected chi connectivity index (χ4v) is 4.45. The summed E-state index contributed by atoms with van der Waals surface area (Å²) in [5.41, 5.74) is 2.05. The number of aryl methyl sites for hydroxylation is 1. The van der Waals surface area contributed by atoms with Gasteiger partial charge in [0.25, 0.3) is 0 Å². The molecule has 0 fully saturated rings. The van der Waals surface area contributed by atoms with E-state index in [0.717, 1.165) is 17.4 Å². The second-order valence-electron chi connectivity index (χ2n) is 5.51. The van der Waals surface area contributed by atoms with Crippen molar-refractivity contribution in [3.8, 4) is 0 Å². The van der Waals surface area contributed by atoms with Crippen LogP contribution in [0, 0.1) is 6.92 Å². The fourth-order valence-electron chi connectivity index (χ4n) is 2.16. The third-order valence-electron chi connectivity index (χ3n) is 3.52. The molecule has 0 aromatic heterocycles. The molecule has 0 unspecified atom stereocenters. The van der Waals surface area contributed by atoms with Crippen LogP contribution in [-0.2, 0) is 26.4 Å². The summed E-state index contributed by atoms with van der Waals surface area (Å²) in [6, 6.07) is 7.71. The summed E-state index contributed by atoms with van der Waals surface area (Å²) in [5.74, 6) is 0.0225. The Hall–Kier alpha value is -0.920. The van der Waals surface area contributed by atoms with Crippen molar-refractivity contribution < 1.29 is 16.8 Å². The van der Waals surface area contributed by atoms with Gasteiger partial charge in [0.15, 0.2) is 0 Å². The van der Waals surface area contributed by atoms with E-state index in [4.69, 9.17) is 0 Å². The van der Waals surface area contributed by atoms with E-state index >= 15 is 0 Å². The van der Waals surface area contributed by atoms with Crippen molar-refractivity contribution in [2.75, 3.05) is 24.3 Å². The number of hydrogen-bond acceptors (Lipinski definition) is 4. The molecule has 0 radical (unpaired) electrons. The average molecular weight is 348 g/mol. The second-order valence-corrected chi connectivity index (χ2v) is 9.85. The van der Waals surface area contributed by atoms with Gasteiger partial charge in [0.1, 0.15) is 9.84 Å². The van der Waals surface area contributed by atoms with Crippen molar-refractivity contribution >= 4 is 19.9 Å². The van der Waals surface area contributed by atoms with Gasteiger partial charge in [-0.05, 0) is 30.9 Å². The van der Waals surface area contributed by atoms with Gasteiger partial charge in [0, 0.05) is 25.1 Å². The van der Waals surface area contributed by atoms with Gasteiger partial charge in [-0.2, -0.15) is 4.31 Å². The molecule has 0 spiro atoms. The molecular formula is C15H25NO4S2. The summed E-state index contributed by atoms with van der Waals surface area (Å²) in [7, 11) is -6.40. The lowest BCUT2D eigenvalue weighted by molar-refractivity contribution is 0.421. The normalized spacial score (nSPS) is 12.7. The predicted molar refractivity (Wildman–Crippen MR) is 90.0 cm³/mol. The minimum absolute atomic E-state index is 0.0117. The number of sulfonamides is 1. The van der Waals surface area contributed by atoms with Gasteiger partial charge < -0.3 is 0 Å². The zero-order valence-corrected chi connectivity index (χ0v) is 15.1. The summed E-state index contributed by atoms with van der Waals surface area (Å²) in [5, 5.41) is 0.